The van der Waals surface area contributed by atoms with Crippen molar-refractivity contribution in [1.29, 1.82) is 0 Å². The summed E-state index contributed by atoms with van der Waals surface area (Å²) in [6.45, 7) is 9.98. The average molecular weight is 518 g/mol. The normalized spacial score (nSPS) is 11.5. The van der Waals surface area contributed by atoms with Crippen LogP contribution >= 0.6 is 11.3 Å². The van der Waals surface area contributed by atoms with Crippen molar-refractivity contribution in [3.63, 3.8) is 0 Å². The molecule has 2 aromatic carbocycles. The number of nitrogens with zero attached hydrogens (tertiary/aromatic N) is 1. The molecule has 0 saturated carbocycles. The van der Waals surface area contributed by atoms with Crippen LogP contribution in [0.25, 0.3) is 21.3 Å². The number of aromatic nitrogens is 1. The minimum atomic E-state index is -0.610. The number of hydrogen-bond acceptors (Lipinski definition) is 6. The van der Waals surface area contributed by atoms with Gasteiger partial charge in [-0.2, -0.15) is 0 Å². The molecule has 0 unspecified atom stereocenters. The number of thiophene rings is 1. The zero-order valence-corrected chi connectivity index (χ0v) is 22.6. The molecule has 0 amide bonds. The first-order valence-electron chi connectivity index (χ1n) is 12.4. The number of fused-ring (bicyclic) bond motifs is 1. The minimum absolute atomic E-state index is 0.0395. The van der Waals surface area contributed by atoms with Crippen LogP contribution in [0.15, 0.2) is 65.6 Å². The van der Waals surface area contributed by atoms with Gasteiger partial charge in [0.2, 0.25) is 5.43 Å². The molecule has 0 bridgehead atoms. The lowest BCUT2D eigenvalue weighted by atomic mass is 9.98. The second-order valence-corrected chi connectivity index (χ2v) is 10.9. The van der Waals surface area contributed by atoms with Crippen LogP contribution in [0.4, 0.5) is 0 Å². The molecule has 0 aliphatic heterocycles. The zero-order chi connectivity index (χ0) is 26.7. The second kappa shape index (κ2) is 10.7. The predicted octanol–water partition coefficient (Wildman–Crippen LogP) is 6.47. The molecule has 2 heterocycles. The second-order valence-electron chi connectivity index (χ2n) is 9.75. The maximum atomic E-state index is 13.0. The Morgan fingerprint density at radius 3 is 2.30 bits per heavy atom. The van der Waals surface area contributed by atoms with E-state index < -0.39 is 11.6 Å². The molecule has 7 heteroatoms. The van der Waals surface area contributed by atoms with Crippen LogP contribution in [-0.4, -0.2) is 28.7 Å². The van der Waals surface area contributed by atoms with Crippen LogP contribution in [0, 0.1) is 0 Å². The van der Waals surface area contributed by atoms with Crippen molar-refractivity contribution in [2.75, 3.05) is 6.61 Å². The summed E-state index contributed by atoms with van der Waals surface area (Å²) in [7, 11) is 0. The number of pyridine rings is 1. The Balaban J connectivity index is 1.69. The Bertz CT molecular complexity index is 1510. The number of hydrogen-bond donors (Lipinski definition) is 0. The monoisotopic (exact) mass is 517 g/mol. The number of esters is 2. The highest BCUT2D eigenvalue weighted by Gasteiger charge is 2.21. The van der Waals surface area contributed by atoms with Crippen molar-refractivity contribution < 1.29 is 19.1 Å². The van der Waals surface area contributed by atoms with Crippen LogP contribution in [0.2, 0.25) is 0 Å². The Morgan fingerprint density at radius 1 is 0.946 bits per heavy atom. The average Bonchev–Trinajstić information content (AvgIpc) is 3.31. The molecule has 37 heavy (non-hydrogen) atoms. The van der Waals surface area contributed by atoms with E-state index in [9.17, 15) is 14.4 Å². The van der Waals surface area contributed by atoms with Gasteiger partial charge in [-0.3, -0.25) is 4.79 Å². The summed E-state index contributed by atoms with van der Waals surface area (Å²) < 4.78 is 12.7. The van der Waals surface area contributed by atoms with E-state index in [0.29, 0.717) is 17.5 Å². The molecule has 0 spiro atoms. The largest absolute Gasteiger partial charge is 0.462 e. The van der Waals surface area contributed by atoms with Crippen molar-refractivity contribution >= 4 is 33.5 Å². The third-order valence-corrected chi connectivity index (χ3v) is 7.12. The van der Waals surface area contributed by atoms with E-state index in [4.69, 9.17) is 9.47 Å². The highest BCUT2D eigenvalue weighted by molar-refractivity contribution is 7.18. The Labute approximate surface area is 220 Å². The first kappa shape index (κ1) is 26.4. The van der Waals surface area contributed by atoms with Gasteiger partial charge in [-0.25, -0.2) is 9.59 Å². The summed E-state index contributed by atoms with van der Waals surface area (Å²) in [6, 6.07) is 17.2. The molecular formula is C30H31NO5S. The number of aryl methyl sites for hydroxylation is 1. The molecule has 2 aromatic heterocycles. The molecule has 4 aromatic rings. The maximum Gasteiger partial charge on any atom is 0.343 e. The molecule has 0 aliphatic carbocycles. The molecule has 6 nitrogen and oxygen atoms in total. The third-order valence-electron chi connectivity index (χ3n) is 5.81. The lowest BCUT2D eigenvalue weighted by Crippen LogP contribution is -2.24. The van der Waals surface area contributed by atoms with Crippen LogP contribution < -0.4 is 5.43 Å². The highest BCUT2D eigenvalue weighted by atomic mass is 32.1. The van der Waals surface area contributed by atoms with Gasteiger partial charge < -0.3 is 14.0 Å². The quantitative estimate of drug-likeness (QED) is 0.263. The molecule has 4 rings (SSSR count). The summed E-state index contributed by atoms with van der Waals surface area (Å²) in [5.74, 6) is -0.972. The van der Waals surface area contributed by atoms with E-state index in [-0.39, 0.29) is 23.6 Å². The lowest BCUT2D eigenvalue weighted by Gasteiger charge is -2.20. The van der Waals surface area contributed by atoms with Crippen molar-refractivity contribution in [2.45, 2.75) is 53.2 Å². The van der Waals surface area contributed by atoms with Crippen LogP contribution in [0.3, 0.4) is 0 Å². The van der Waals surface area contributed by atoms with E-state index in [1.165, 1.54) is 0 Å². The lowest BCUT2D eigenvalue weighted by molar-refractivity contribution is 0.00702. The molecule has 0 saturated heterocycles. The van der Waals surface area contributed by atoms with Crippen molar-refractivity contribution in [1.82, 2.24) is 4.57 Å². The van der Waals surface area contributed by atoms with Gasteiger partial charge in [0.1, 0.15) is 16.0 Å². The Hall–Kier alpha value is -3.71. The molecule has 0 radical (unpaired) electrons. The number of ether oxygens (including phenoxy) is 2. The maximum absolute atomic E-state index is 13.0. The van der Waals surface area contributed by atoms with Gasteiger partial charge in [0.15, 0.2) is 0 Å². The fourth-order valence-electron chi connectivity index (χ4n) is 4.10. The Morgan fingerprint density at radius 2 is 1.65 bits per heavy atom. The number of carbonyl (C=O) groups is 2. The van der Waals surface area contributed by atoms with E-state index >= 15 is 0 Å². The Kier molecular flexibility index (Phi) is 7.64. The fourth-order valence-corrected chi connectivity index (χ4v) is 5.17. The van der Waals surface area contributed by atoms with Crippen molar-refractivity contribution in [2.24, 2.45) is 0 Å². The molecule has 0 N–H and O–H groups in total. The van der Waals surface area contributed by atoms with E-state index in [1.807, 2.05) is 80.8 Å². The first-order chi connectivity index (χ1) is 17.6. The van der Waals surface area contributed by atoms with Gasteiger partial charge in [-0.15, -0.1) is 11.3 Å². The van der Waals surface area contributed by atoms with E-state index in [2.05, 4.69) is 0 Å². The summed E-state index contributed by atoms with van der Waals surface area (Å²) in [5.41, 5.74) is 2.35. The predicted molar refractivity (Wildman–Crippen MR) is 148 cm³/mol. The molecule has 0 fully saturated rings. The smallest absolute Gasteiger partial charge is 0.343 e. The topological polar surface area (TPSA) is 74.6 Å². The molecule has 0 atom stereocenters. The first-order valence-corrected chi connectivity index (χ1v) is 13.2. The molecule has 192 valence electrons. The van der Waals surface area contributed by atoms with E-state index in [1.54, 1.807) is 30.5 Å². The van der Waals surface area contributed by atoms with Gasteiger partial charge in [-0.1, -0.05) is 49.4 Å². The highest BCUT2D eigenvalue weighted by Crippen LogP contribution is 2.28. The summed E-state index contributed by atoms with van der Waals surface area (Å²) in [6.07, 6.45) is 2.41. The standard InChI is InChI=1S/C30H31NO5S/c1-6-21-16-24-26(32)25(28(33)35-7-2)18-31(27(24)37-21)17-19-12-14-20(15-13-19)22-10-8-9-11-23(22)29(34)36-30(3,4)5/h8-16,18H,6-7,17H2,1-5H3. The number of rotatable bonds is 7. The van der Waals surface area contributed by atoms with Crippen LogP contribution in [0.5, 0.6) is 0 Å². The van der Waals surface area contributed by atoms with Crippen LogP contribution in [0.1, 0.15) is 65.8 Å². The summed E-state index contributed by atoms with van der Waals surface area (Å²) in [5, 5.41) is 0.537. The molecular weight excluding hydrogens is 486 g/mol. The SMILES string of the molecule is CCOC(=O)c1cn(Cc2ccc(-c3ccccc3C(=O)OC(C)(C)C)cc2)c2sc(CC)cc2c1=O. The van der Waals surface area contributed by atoms with Gasteiger partial charge in [-0.05, 0) is 62.9 Å². The van der Waals surface area contributed by atoms with Gasteiger partial charge in [0.25, 0.3) is 0 Å². The third kappa shape index (κ3) is 5.83. The van der Waals surface area contributed by atoms with Gasteiger partial charge >= 0.3 is 11.9 Å². The van der Waals surface area contributed by atoms with Crippen molar-refractivity contribution in [3.8, 4) is 11.1 Å². The van der Waals surface area contributed by atoms with Gasteiger partial charge in [0.05, 0.1) is 17.6 Å². The fraction of sp³-hybridized carbons (Fsp3) is 0.300. The summed E-state index contributed by atoms with van der Waals surface area (Å²) >= 11 is 1.56. The number of carbonyl (C=O) groups excluding carboxylic acids is 2. The number of benzene rings is 2. The van der Waals surface area contributed by atoms with Gasteiger partial charge in [0, 0.05) is 17.6 Å². The summed E-state index contributed by atoms with van der Waals surface area (Å²) in [4.78, 5) is 40.2. The molecule has 0 aliphatic rings. The minimum Gasteiger partial charge on any atom is -0.462 e. The zero-order valence-electron chi connectivity index (χ0n) is 21.8. The van der Waals surface area contributed by atoms with Crippen LogP contribution in [-0.2, 0) is 22.4 Å². The van der Waals surface area contributed by atoms with Crippen molar-refractivity contribution in [3.05, 3.63) is 92.6 Å². The van der Waals surface area contributed by atoms with E-state index in [0.717, 1.165) is 32.8 Å².